The topological polar surface area (TPSA) is 17.8 Å². The van der Waals surface area contributed by atoms with E-state index in [9.17, 15) is 0 Å². The van der Waals surface area contributed by atoms with Gasteiger partial charge in [0.15, 0.2) is 0 Å². The quantitative estimate of drug-likeness (QED) is 0.522. The molecular formula is C8H10N2. The van der Waals surface area contributed by atoms with Crippen LogP contribution in [0.15, 0.2) is 12.4 Å². The normalized spacial score (nSPS) is 41.1. The van der Waals surface area contributed by atoms with Crippen LogP contribution in [-0.2, 0) is 6.54 Å². The first-order chi connectivity index (χ1) is 4.88. The van der Waals surface area contributed by atoms with Crippen molar-refractivity contribution in [2.75, 3.05) is 0 Å². The average Bonchev–Trinajstić information content (AvgIpc) is 2.27. The molecule has 0 N–H and O–H groups in total. The number of hydrogen-bond acceptors (Lipinski definition) is 1. The summed E-state index contributed by atoms with van der Waals surface area (Å²) < 4.78 is 2.29. The maximum atomic E-state index is 4.33. The molecule has 0 bridgehead atoms. The summed E-state index contributed by atoms with van der Waals surface area (Å²) in [6.45, 7) is 3.55. The third kappa shape index (κ3) is 0.376. The zero-order valence-electron chi connectivity index (χ0n) is 5.99. The molecule has 1 saturated carbocycles. The van der Waals surface area contributed by atoms with E-state index in [0.717, 1.165) is 17.8 Å². The molecule has 1 aromatic rings. The van der Waals surface area contributed by atoms with E-state index in [0.29, 0.717) is 0 Å². The van der Waals surface area contributed by atoms with Gasteiger partial charge in [-0.3, -0.25) is 0 Å². The lowest BCUT2D eigenvalue weighted by atomic mass is 10.3. The molecule has 2 unspecified atom stereocenters. The summed E-state index contributed by atoms with van der Waals surface area (Å²) in [4.78, 5) is 4.33. The Balaban J connectivity index is 2.14. The fourth-order valence-corrected chi connectivity index (χ4v) is 2.25. The number of nitrogens with zero attached hydrogens (tertiary/aromatic N) is 2. The van der Waals surface area contributed by atoms with Crippen LogP contribution in [0.4, 0.5) is 0 Å². The molecular weight excluding hydrogens is 124 g/mol. The van der Waals surface area contributed by atoms with Crippen molar-refractivity contribution in [2.24, 2.45) is 11.8 Å². The minimum absolute atomic E-state index is 0.815. The Labute approximate surface area is 59.9 Å². The van der Waals surface area contributed by atoms with Crippen LogP contribution in [-0.4, -0.2) is 9.55 Å². The van der Waals surface area contributed by atoms with Crippen molar-refractivity contribution in [3.05, 3.63) is 18.2 Å². The summed E-state index contributed by atoms with van der Waals surface area (Å²) in [7, 11) is 0. The van der Waals surface area contributed by atoms with E-state index in [1.54, 1.807) is 0 Å². The second kappa shape index (κ2) is 1.29. The van der Waals surface area contributed by atoms with Gasteiger partial charge in [0.2, 0.25) is 0 Å². The maximum Gasteiger partial charge on any atom is 0.112 e. The Morgan fingerprint density at radius 3 is 3.50 bits per heavy atom. The maximum absolute atomic E-state index is 4.33. The summed E-state index contributed by atoms with van der Waals surface area (Å²) in [6, 6.07) is 0. The lowest BCUT2D eigenvalue weighted by Gasteiger charge is -1.99. The van der Waals surface area contributed by atoms with Crippen LogP contribution in [0.25, 0.3) is 0 Å². The van der Waals surface area contributed by atoms with E-state index in [2.05, 4.69) is 22.7 Å². The van der Waals surface area contributed by atoms with Gasteiger partial charge in [-0.25, -0.2) is 4.98 Å². The van der Waals surface area contributed by atoms with Crippen LogP contribution in [0.1, 0.15) is 18.7 Å². The van der Waals surface area contributed by atoms with E-state index < -0.39 is 0 Å². The lowest BCUT2D eigenvalue weighted by molar-refractivity contribution is 0.607. The molecule has 0 amide bonds. The number of rotatable bonds is 0. The van der Waals surface area contributed by atoms with Gasteiger partial charge in [-0.05, 0) is 11.8 Å². The van der Waals surface area contributed by atoms with Gasteiger partial charge < -0.3 is 4.57 Å². The molecule has 1 aromatic heterocycles. The Kier molecular flexibility index (Phi) is 0.636. The highest BCUT2D eigenvalue weighted by atomic mass is 15.1. The van der Waals surface area contributed by atoms with Gasteiger partial charge in [0.05, 0.1) is 0 Å². The van der Waals surface area contributed by atoms with E-state index >= 15 is 0 Å². The van der Waals surface area contributed by atoms with Crippen molar-refractivity contribution in [1.29, 1.82) is 0 Å². The van der Waals surface area contributed by atoms with Gasteiger partial charge in [-0.2, -0.15) is 0 Å². The van der Waals surface area contributed by atoms with Crippen molar-refractivity contribution in [2.45, 2.75) is 19.4 Å². The number of fused-ring (bicyclic) bond motifs is 3. The monoisotopic (exact) mass is 134 g/mol. The minimum atomic E-state index is 0.815. The van der Waals surface area contributed by atoms with Crippen LogP contribution in [0, 0.1) is 11.8 Å². The SMILES string of the molecule is C[C@H]1C2Cn3ccnc3C21. The van der Waals surface area contributed by atoms with Crippen molar-refractivity contribution in [3.8, 4) is 0 Å². The van der Waals surface area contributed by atoms with Crippen molar-refractivity contribution >= 4 is 0 Å². The van der Waals surface area contributed by atoms with Gasteiger partial charge in [0.1, 0.15) is 5.82 Å². The minimum Gasteiger partial charge on any atom is -0.334 e. The molecule has 0 saturated heterocycles. The molecule has 3 rings (SSSR count). The van der Waals surface area contributed by atoms with E-state index in [4.69, 9.17) is 0 Å². The van der Waals surface area contributed by atoms with Gasteiger partial charge in [0.25, 0.3) is 0 Å². The fourth-order valence-electron chi connectivity index (χ4n) is 2.25. The zero-order valence-corrected chi connectivity index (χ0v) is 5.99. The molecule has 1 fully saturated rings. The molecule has 3 atom stereocenters. The predicted octanol–water partition coefficient (Wildman–Crippen LogP) is 1.25. The predicted molar refractivity (Wildman–Crippen MR) is 37.6 cm³/mol. The Morgan fingerprint density at radius 1 is 1.70 bits per heavy atom. The molecule has 2 nitrogen and oxygen atoms in total. The summed E-state index contributed by atoms with van der Waals surface area (Å²) in [5.41, 5.74) is 0. The highest BCUT2D eigenvalue weighted by Crippen LogP contribution is 2.57. The molecule has 10 heavy (non-hydrogen) atoms. The average molecular weight is 134 g/mol. The molecule has 2 aliphatic rings. The zero-order chi connectivity index (χ0) is 6.72. The van der Waals surface area contributed by atoms with Gasteiger partial charge in [-0.15, -0.1) is 0 Å². The largest absolute Gasteiger partial charge is 0.334 e. The summed E-state index contributed by atoms with van der Waals surface area (Å²) in [5.74, 6) is 3.99. The smallest absolute Gasteiger partial charge is 0.112 e. The second-order valence-electron chi connectivity index (χ2n) is 3.49. The lowest BCUT2D eigenvalue weighted by Crippen LogP contribution is -1.98. The van der Waals surface area contributed by atoms with Crippen LogP contribution in [0.3, 0.4) is 0 Å². The first kappa shape index (κ1) is 4.94. The number of aromatic nitrogens is 2. The van der Waals surface area contributed by atoms with Crippen LogP contribution in [0.5, 0.6) is 0 Å². The standard InChI is InChI=1S/C8H10N2/c1-5-6-4-10-3-2-9-8(10)7(5)6/h2-3,5-7H,4H2,1H3/t5-,6?,7?/m0/s1. The summed E-state index contributed by atoms with van der Waals surface area (Å²) in [6.07, 6.45) is 4.00. The summed E-state index contributed by atoms with van der Waals surface area (Å²) >= 11 is 0. The van der Waals surface area contributed by atoms with Crippen LogP contribution >= 0.6 is 0 Å². The first-order valence-corrected chi connectivity index (χ1v) is 3.89. The Bertz CT molecular complexity index is 277. The third-order valence-corrected chi connectivity index (χ3v) is 3.02. The van der Waals surface area contributed by atoms with Gasteiger partial charge >= 0.3 is 0 Å². The second-order valence-corrected chi connectivity index (χ2v) is 3.49. The molecule has 52 valence electrons. The Morgan fingerprint density at radius 2 is 2.60 bits per heavy atom. The molecule has 1 aliphatic heterocycles. The number of hydrogen-bond donors (Lipinski definition) is 0. The van der Waals surface area contributed by atoms with Crippen LogP contribution < -0.4 is 0 Å². The summed E-state index contributed by atoms with van der Waals surface area (Å²) in [5, 5.41) is 0. The van der Waals surface area contributed by atoms with Crippen molar-refractivity contribution < 1.29 is 0 Å². The van der Waals surface area contributed by atoms with Gasteiger partial charge in [0, 0.05) is 24.9 Å². The fraction of sp³-hybridized carbons (Fsp3) is 0.625. The van der Waals surface area contributed by atoms with E-state index in [-0.39, 0.29) is 0 Å². The highest BCUT2D eigenvalue weighted by Gasteiger charge is 2.54. The van der Waals surface area contributed by atoms with Crippen LogP contribution in [0.2, 0.25) is 0 Å². The van der Waals surface area contributed by atoms with E-state index in [1.165, 1.54) is 12.4 Å². The molecule has 0 radical (unpaired) electrons. The third-order valence-electron chi connectivity index (χ3n) is 3.02. The Hall–Kier alpha value is -0.790. The molecule has 0 spiro atoms. The van der Waals surface area contributed by atoms with Crippen molar-refractivity contribution in [3.63, 3.8) is 0 Å². The highest BCUT2D eigenvalue weighted by molar-refractivity contribution is 5.21. The van der Waals surface area contributed by atoms with Crippen molar-refractivity contribution in [1.82, 2.24) is 9.55 Å². The number of imidazole rings is 1. The van der Waals surface area contributed by atoms with E-state index in [1.807, 2.05) is 6.20 Å². The molecule has 0 aromatic carbocycles. The molecule has 1 aliphatic carbocycles. The first-order valence-electron chi connectivity index (χ1n) is 3.89. The molecule has 2 heteroatoms. The van der Waals surface area contributed by atoms with Gasteiger partial charge in [-0.1, -0.05) is 6.92 Å². The molecule has 2 heterocycles.